The molecule has 2 aromatic heterocycles. The van der Waals surface area contributed by atoms with Gasteiger partial charge in [0.05, 0.1) is 12.7 Å². The molecule has 1 aliphatic heterocycles. The van der Waals surface area contributed by atoms with E-state index in [1.165, 1.54) is 11.3 Å². The number of thiazole rings is 1. The van der Waals surface area contributed by atoms with Gasteiger partial charge in [0.15, 0.2) is 0 Å². The summed E-state index contributed by atoms with van der Waals surface area (Å²) in [6.07, 6.45) is 1.69. The van der Waals surface area contributed by atoms with Gasteiger partial charge in [-0.25, -0.2) is 4.98 Å². The molecule has 0 radical (unpaired) electrons. The van der Waals surface area contributed by atoms with Crippen LogP contribution in [0.1, 0.15) is 28.3 Å². The van der Waals surface area contributed by atoms with Crippen molar-refractivity contribution in [3.8, 4) is 22.4 Å². The minimum atomic E-state index is -0.372. The van der Waals surface area contributed by atoms with Crippen molar-refractivity contribution < 1.29 is 9.53 Å². The number of aromatic amines is 1. The molecule has 0 unspecified atom stereocenters. The van der Waals surface area contributed by atoms with Gasteiger partial charge in [-0.3, -0.25) is 15.2 Å². The number of ether oxygens (including phenoxy) is 1. The number of nitrogens with zero attached hydrogens (tertiary/aromatic N) is 4. The van der Waals surface area contributed by atoms with Crippen molar-refractivity contribution in [3.05, 3.63) is 40.7 Å². The van der Waals surface area contributed by atoms with Crippen LogP contribution < -0.4 is 10.1 Å². The predicted octanol–water partition coefficient (Wildman–Crippen LogP) is 2.57. The first-order valence-corrected chi connectivity index (χ1v) is 8.92. The molecule has 3 heterocycles. The first kappa shape index (κ1) is 16.2. The van der Waals surface area contributed by atoms with Gasteiger partial charge < -0.3 is 4.74 Å². The summed E-state index contributed by atoms with van der Waals surface area (Å²) in [5.74, 6) is 1.27. The summed E-state index contributed by atoms with van der Waals surface area (Å²) in [5.41, 5.74) is 2.44. The molecule has 9 heteroatoms. The Hall–Kier alpha value is -3.25. The average Bonchev–Trinajstić information content (AvgIpc) is 3.39. The third kappa shape index (κ3) is 3.27. The van der Waals surface area contributed by atoms with Gasteiger partial charge in [0.1, 0.15) is 22.3 Å². The number of hydrogen-bond acceptors (Lipinski definition) is 7. The number of aromatic nitrogens is 4. The summed E-state index contributed by atoms with van der Waals surface area (Å²) in [6.45, 7) is 0.706. The second-order valence-corrected chi connectivity index (χ2v) is 6.53. The topological polar surface area (TPSA) is 117 Å². The Morgan fingerprint density at radius 1 is 1.42 bits per heavy atom. The fraction of sp³-hybridized carbons (Fsp3) is 0.235. The molecule has 130 valence electrons. The number of nitriles is 1. The van der Waals surface area contributed by atoms with Crippen LogP contribution in [0.5, 0.6) is 5.75 Å². The van der Waals surface area contributed by atoms with Crippen molar-refractivity contribution in [2.45, 2.75) is 19.3 Å². The first-order valence-electron chi connectivity index (χ1n) is 8.04. The van der Waals surface area contributed by atoms with Crippen molar-refractivity contribution in [3.63, 3.8) is 0 Å². The number of fused-ring (bicyclic) bond motifs is 1. The Kier molecular flexibility index (Phi) is 4.33. The predicted molar refractivity (Wildman–Crippen MR) is 95.0 cm³/mol. The second-order valence-electron chi connectivity index (χ2n) is 5.68. The van der Waals surface area contributed by atoms with E-state index in [1.807, 2.05) is 18.2 Å². The van der Waals surface area contributed by atoms with Crippen molar-refractivity contribution in [1.29, 1.82) is 5.26 Å². The van der Waals surface area contributed by atoms with Crippen molar-refractivity contribution in [2.24, 2.45) is 0 Å². The van der Waals surface area contributed by atoms with Crippen LogP contribution in [0.4, 0.5) is 5.95 Å². The first-order chi connectivity index (χ1) is 12.7. The zero-order valence-corrected chi connectivity index (χ0v) is 14.5. The molecule has 0 saturated carbocycles. The summed E-state index contributed by atoms with van der Waals surface area (Å²) in [6, 6.07) is 7.97. The minimum Gasteiger partial charge on any atom is -0.493 e. The van der Waals surface area contributed by atoms with E-state index in [4.69, 9.17) is 10.00 Å². The number of nitrogens with one attached hydrogen (secondary N) is 2. The van der Waals surface area contributed by atoms with Crippen LogP contribution in [0, 0.1) is 11.3 Å². The SMILES string of the molecule is N#CCCc1nc(NC(=O)c2csc(-c3ccc4c(c3)CCO4)n2)n[nH]1. The van der Waals surface area contributed by atoms with Crippen LogP contribution in [0.15, 0.2) is 23.6 Å². The lowest BCUT2D eigenvalue weighted by atomic mass is 10.1. The number of amides is 1. The molecular weight excluding hydrogens is 352 g/mol. The van der Waals surface area contributed by atoms with E-state index in [0.717, 1.165) is 28.3 Å². The van der Waals surface area contributed by atoms with Gasteiger partial charge in [0, 0.05) is 30.2 Å². The molecule has 0 spiro atoms. The van der Waals surface area contributed by atoms with Crippen molar-refractivity contribution in [1.82, 2.24) is 20.2 Å². The number of hydrogen-bond donors (Lipinski definition) is 2. The molecule has 26 heavy (non-hydrogen) atoms. The lowest BCUT2D eigenvalue weighted by Crippen LogP contribution is -2.13. The maximum absolute atomic E-state index is 12.3. The second kappa shape index (κ2) is 6.93. The third-order valence-corrected chi connectivity index (χ3v) is 4.80. The number of aryl methyl sites for hydroxylation is 1. The average molecular weight is 366 g/mol. The molecule has 0 atom stereocenters. The Morgan fingerprint density at radius 3 is 3.23 bits per heavy atom. The Balaban J connectivity index is 1.46. The normalized spacial score (nSPS) is 12.3. The molecule has 1 aromatic carbocycles. The van der Waals surface area contributed by atoms with E-state index in [2.05, 4.69) is 31.5 Å². The van der Waals surface area contributed by atoms with Crippen LogP contribution in [-0.2, 0) is 12.8 Å². The Bertz CT molecular complexity index is 1000. The van der Waals surface area contributed by atoms with E-state index in [1.54, 1.807) is 5.38 Å². The van der Waals surface area contributed by atoms with Gasteiger partial charge in [0.25, 0.3) is 5.91 Å². The molecular formula is C17H14N6O2S. The lowest BCUT2D eigenvalue weighted by molar-refractivity contribution is 0.102. The highest BCUT2D eigenvalue weighted by molar-refractivity contribution is 7.13. The summed E-state index contributed by atoms with van der Waals surface area (Å²) in [4.78, 5) is 20.9. The largest absolute Gasteiger partial charge is 0.493 e. The van der Waals surface area contributed by atoms with E-state index in [-0.39, 0.29) is 11.9 Å². The fourth-order valence-corrected chi connectivity index (χ4v) is 3.43. The standard InChI is InChI=1S/C17H14N6O2S/c18-6-1-2-14-20-17(23-22-14)21-15(24)12-9-26-16(19-12)11-3-4-13-10(8-11)5-7-25-13/h3-4,8-9H,1-2,5,7H2,(H2,20,21,22,23,24). The molecule has 4 rings (SSSR count). The van der Waals surface area contributed by atoms with Crippen LogP contribution in [-0.4, -0.2) is 32.7 Å². The summed E-state index contributed by atoms with van der Waals surface area (Å²) in [7, 11) is 0. The van der Waals surface area contributed by atoms with Crippen molar-refractivity contribution in [2.75, 3.05) is 11.9 Å². The number of anilines is 1. The third-order valence-electron chi connectivity index (χ3n) is 3.90. The molecule has 0 bridgehead atoms. The number of rotatable bonds is 5. The smallest absolute Gasteiger partial charge is 0.277 e. The number of H-pyrrole nitrogens is 1. The number of carbonyl (C=O) groups excluding carboxylic acids is 1. The summed E-state index contributed by atoms with van der Waals surface area (Å²) >= 11 is 1.41. The van der Waals surface area contributed by atoms with Crippen LogP contribution in [0.3, 0.4) is 0 Å². The Morgan fingerprint density at radius 2 is 2.35 bits per heavy atom. The van der Waals surface area contributed by atoms with Gasteiger partial charge in [-0.15, -0.1) is 16.4 Å². The highest BCUT2D eigenvalue weighted by Crippen LogP contribution is 2.31. The van der Waals surface area contributed by atoms with Crippen LogP contribution in [0.2, 0.25) is 0 Å². The maximum Gasteiger partial charge on any atom is 0.277 e. The molecule has 2 N–H and O–H groups in total. The van der Waals surface area contributed by atoms with E-state index < -0.39 is 0 Å². The minimum absolute atomic E-state index is 0.173. The highest BCUT2D eigenvalue weighted by atomic mass is 32.1. The van der Waals surface area contributed by atoms with Crippen LogP contribution in [0.25, 0.3) is 10.6 Å². The van der Waals surface area contributed by atoms with Crippen molar-refractivity contribution >= 4 is 23.2 Å². The number of carbonyl (C=O) groups is 1. The molecule has 0 saturated heterocycles. The Labute approximate surface area is 152 Å². The zero-order valence-electron chi connectivity index (χ0n) is 13.7. The molecule has 0 aliphatic carbocycles. The van der Waals surface area contributed by atoms with E-state index >= 15 is 0 Å². The molecule has 3 aromatic rings. The molecule has 8 nitrogen and oxygen atoms in total. The zero-order chi connectivity index (χ0) is 17.9. The molecule has 0 fully saturated rings. The fourth-order valence-electron chi connectivity index (χ4n) is 2.63. The molecule has 1 aliphatic rings. The van der Waals surface area contributed by atoms with Gasteiger partial charge >= 0.3 is 0 Å². The molecule has 1 amide bonds. The highest BCUT2D eigenvalue weighted by Gasteiger charge is 2.17. The lowest BCUT2D eigenvalue weighted by Gasteiger charge is -2.01. The van der Waals surface area contributed by atoms with Crippen LogP contribution >= 0.6 is 11.3 Å². The van der Waals surface area contributed by atoms with Gasteiger partial charge in [-0.1, -0.05) is 0 Å². The van der Waals surface area contributed by atoms with Gasteiger partial charge in [-0.2, -0.15) is 10.2 Å². The summed E-state index contributed by atoms with van der Waals surface area (Å²) in [5, 5.41) is 20.3. The van der Waals surface area contributed by atoms with E-state index in [0.29, 0.717) is 31.0 Å². The number of benzene rings is 1. The maximum atomic E-state index is 12.3. The summed E-state index contributed by atoms with van der Waals surface area (Å²) < 4.78 is 5.51. The quantitative estimate of drug-likeness (QED) is 0.717. The van der Waals surface area contributed by atoms with E-state index in [9.17, 15) is 4.79 Å². The van der Waals surface area contributed by atoms with Gasteiger partial charge in [-0.05, 0) is 23.8 Å². The monoisotopic (exact) mass is 366 g/mol. The van der Waals surface area contributed by atoms with Gasteiger partial charge in [0.2, 0.25) is 5.95 Å².